The van der Waals surface area contributed by atoms with Crippen LogP contribution < -0.4 is 10.1 Å². The normalized spacial score (nSPS) is 26.4. The molecule has 1 aromatic carbocycles. The quantitative estimate of drug-likeness (QED) is 0.896. The maximum Gasteiger partial charge on any atom is 0.242 e. The van der Waals surface area contributed by atoms with Crippen molar-refractivity contribution in [3.63, 3.8) is 0 Å². The topological polar surface area (TPSA) is 54.5 Å². The number of carbonyl (C=O) groups excluding carboxylic acids is 1. The third-order valence-corrected chi connectivity index (χ3v) is 5.55. The first kappa shape index (κ1) is 15.6. The van der Waals surface area contributed by atoms with Crippen molar-refractivity contribution < 1.29 is 16.7 Å². The molecule has 0 unspecified atom stereocenters. The second-order valence-corrected chi connectivity index (χ2v) is 7.21. The average Bonchev–Trinajstić information content (AvgIpc) is 3.22. The molecular weight excluding hydrogens is 345 g/mol. The van der Waals surface area contributed by atoms with Crippen LogP contribution in [0.3, 0.4) is 0 Å². The van der Waals surface area contributed by atoms with Gasteiger partial charge in [-0.3, -0.25) is 15.1 Å². The summed E-state index contributed by atoms with van der Waals surface area (Å²) in [7, 11) is 1.82. The smallest absolute Gasteiger partial charge is 0.242 e. The second kappa shape index (κ2) is 6.93. The first-order chi connectivity index (χ1) is 13.7. The largest absolute Gasteiger partial charge is 0.494 e. The SMILES string of the molecule is [2H]C([2H])(C)Oc1ccc(F)c(-c2ccnc([C@H]3CC[C@@]4(CCN(C)C4=O)N3)c2)c1. The molecule has 0 saturated carbocycles. The molecule has 4 rings (SSSR count). The molecule has 142 valence electrons. The highest BCUT2D eigenvalue weighted by Gasteiger charge is 2.50. The van der Waals surface area contributed by atoms with Crippen LogP contribution in [0.4, 0.5) is 4.39 Å². The summed E-state index contributed by atoms with van der Waals surface area (Å²) in [5.41, 5.74) is 1.20. The summed E-state index contributed by atoms with van der Waals surface area (Å²) in [5.74, 6) is -0.0414. The Labute approximate surface area is 161 Å². The molecule has 2 fully saturated rings. The van der Waals surface area contributed by atoms with Gasteiger partial charge in [-0.15, -0.1) is 0 Å². The standard InChI is InChI=1S/C21H24FN3O2/c1-3-27-15-4-5-17(22)16(13-15)14-7-10-23-19(12-14)18-6-8-21(24-18)9-11-25(2)20(21)26/h4-5,7,10,12-13,18,24H,3,6,8-9,11H2,1-2H3/t18-,21+/m1/s1/i3D2. The van der Waals surface area contributed by atoms with Crippen molar-refractivity contribution in [2.24, 2.45) is 0 Å². The lowest BCUT2D eigenvalue weighted by molar-refractivity contribution is -0.131. The number of rotatable bonds is 4. The van der Waals surface area contributed by atoms with Crippen molar-refractivity contribution in [1.82, 2.24) is 15.2 Å². The van der Waals surface area contributed by atoms with Gasteiger partial charge < -0.3 is 9.64 Å². The predicted octanol–water partition coefficient (Wildman–Crippen LogP) is 3.31. The fourth-order valence-corrected chi connectivity index (χ4v) is 4.10. The number of likely N-dealkylation sites (N-methyl/N-ethyl adjacent to an activating group) is 1. The highest BCUT2D eigenvalue weighted by molar-refractivity contribution is 5.88. The van der Waals surface area contributed by atoms with Crippen molar-refractivity contribution in [3.8, 4) is 16.9 Å². The Morgan fingerprint density at radius 2 is 2.26 bits per heavy atom. The van der Waals surface area contributed by atoms with Gasteiger partial charge in [-0.2, -0.15) is 0 Å². The van der Waals surface area contributed by atoms with Gasteiger partial charge in [0.15, 0.2) is 0 Å². The lowest BCUT2D eigenvalue weighted by Gasteiger charge is -2.23. The summed E-state index contributed by atoms with van der Waals surface area (Å²) in [6.45, 7) is 0.181. The van der Waals surface area contributed by atoms with E-state index >= 15 is 0 Å². The fraction of sp³-hybridized carbons (Fsp3) is 0.429. The summed E-state index contributed by atoms with van der Waals surface area (Å²) in [5, 5.41) is 3.48. The minimum atomic E-state index is -1.86. The van der Waals surface area contributed by atoms with Gasteiger partial charge in [0.05, 0.1) is 21.0 Å². The maximum atomic E-state index is 14.5. The molecule has 3 heterocycles. The van der Waals surface area contributed by atoms with Crippen LogP contribution in [-0.4, -0.2) is 41.5 Å². The molecule has 27 heavy (non-hydrogen) atoms. The van der Waals surface area contributed by atoms with E-state index in [-0.39, 0.29) is 17.7 Å². The van der Waals surface area contributed by atoms with Crippen molar-refractivity contribution in [1.29, 1.82) is 0 Å². The number of carbonyl (C=O) groups is 1. The van der Waals surface area contributed by atoms with Crippen LogP contribution in [0.15, 0.2) is 36.5 Å². The zero-order chi connectivity index (χ0) is 20.8. The molecule has 2 aliphatic heterocycles. The van der Waals surface area contributed by atoms with Crippen molar-refractivity contribution in [3.05, 3.63) is 48.0 Å². The van der Waals surface area contributed by atoms with Crippen LogP contribution in [-0.2, 0) is 4.79 Å². The van der Waals surface area contributed by atoms with Crippen molar-refractivity contribution in [2.45, 2.75) is 37.8 Å². The van der Waals surface area contributed by atoms with E-state index in [9.17, 15) is 9.18 Å². The highest BCUT2D eigenvalue weighted by Crippen LogP contribution is 2.39. The Balaban J connectivity index is 1.60. The Hall–Kier alpha value is -2.47. The fourth-order valence-electron chi connectivity index (χ4n) is 4.10. The van der Waals surface area contributed by atoms with Gasteiger partial charge in [-0.25, -0.2) is 4.39 Å². The van der Waals surface area contributed by atoms with E-state index in [1.165, 1.54) is 25.1 Å². The molecule has 1 spiro atoms. The first-order valence-corrected chi connectivity index (χ1v) is 9.15. The zero-order valence-corrected chi connectivity index (χ0v) is 15.5. The number of hydrogen-bond donors (Lipinski definition) is 1. The number of benzene rings is 1. The third-order valence-electron chi connectivity index (χ3n) is 5.55. The molecule has 2 aliphatic rings. The number of nitrogens with zero attached hydrogens (tertiary/aromatic N) is 2. The number of likely N-dealkylation sites (tertiary alicyclic amines) is 1. The first-order valence-electron chi connectivity index (χ1n) is 10.2. The van der Waals surface area contributed by atoms with E-state index in [0.717, 1.165) is 31.5 Å². The highest BCUT2D eigenvalue weighted by atomic mass is 19.1. The number of pyridine rings is 1. The molecule has 0 aliphatic carbocycles. The molecular formula is C21H24FN3O2. The number of ether oxygens (including phenoxy) is 1. The van der Waals surface area contributed by atoms with Crippen LogP contribution in [0.1, 0.15) is 40.7 Å². The summed E-state index contributed by atoms with van der Waals surface area (Å²) in [6, 6.07) is 7.64. The lowest BCUT2D eigenvalue weighted by atomic mass is 9.96. The number of nitrogens with one attached hydrogen (secondary N) is 1. The van der Waals surface area contributed by atoms with Crippen molar-refractivity contribution in [2.75, 3.05) is 20.2 Å². The minimum absolute atomic E-state index is 0.0716. The Morgan fingerprint density at radius 1 is 1.41 bits per heavy atom. The van der Waals surface area contributed by atoms with E-state index < -0.39 is 17.9 Å². The Bertz CT molecular complexity index is 950. The molecule has 0 bridgehead atoms. The van der Waals surface area contributed by atoms with E-state index in [0.29, 0.717) is 11.1 Å². The molecule has 6 heteroatoms. The molecule has 2 saturated heterocycles. The maximum absolute atomic E-state index is 14.5. The van der Waals surface area contributed by atoms with Gasteiger partial charge in [-0.05, 0) is 62.1 Å². The average molecular weight is 371 g/mol. The van der Waals surface area contributed by atoms with Crippen LogP contribution in [0.2, 0.25) is 0 Å². The molecule has 1 aromatic heterocycles. The molecule has 1 N–H and O–H groups in total. The van der Waals surface area contributed by atoms with Gasteiger partial charge in [0.25, 0.3) is 0 Å². The predicted molar refractivity (Wildman–Crippen MR) is 101 cm³/mol. The van der Waals surface area contributed by atoms with Gasteiger partial charge in [0.2, 0.25) is 5.91 Å². The van der Waals surface area contributed by atoms with Crippen LogP contribution in [0, 0.1) is 5.82 Å². The number of amides is 1. The van der Waals surface area contributed by atoms with E-state index in [4.69, 9.17) is 7.48 Å². The number of halogens is 1. The summed E-state index contributed by atoms with van der Waals surface area (Å²) >= 11 is 0. The van der Waals surface area contributed by atoms with E-state index in [1.54, 1.807) is 17.2 Å². The van der Waals surface area contributed by atoms with E-state index in [1.807, 2.05) is 13.1 Å². The van der Waals surface area contributed by atoms with Gasteiger partial charge >= 0.3 is 0 Å². The lowest BCUT2D eigenvalue weighted by Crippen LogP contribution is -2.47. The molecule has 1 amide bonds. The van der Waals surface area contributed by atoms with Crippen molar-refractivity contribution >= 4 is 5.91 Å². The zero-order valence-electron chi connectivity index (χ0n) is 17.5. The molecule has 2 aromatic rings. The van der Waals surface area contributed by atoms with Gasteiger partial charge in [0.1, 0.15) is 17.1 Å². The van der Waals surface area contributed by atoms with Gasteiger partial charge in [0, 0.05) is 25.4 Å². The Kier molecular flexibility index (Phi) is 3.99. The molecule has 5 nitrogen and oxygen atoms in total. The summed E-state index contributed by atoms with van der Waals surface area (Å²) < 4.78 is 34.8. The van der Waals surface area contributed by atoms with Crippen LogP contribution in [0.25, 0.3) is 11.1 Å². The minimum Gasteiger partial charge on any atom is -0.494 e. The third kappa shape index (κ3) is 3.18. The second-order valence-electron chi connectivity index (χ2n) is 7.21. The number of hydrogen-bond acceptors (Lipinski definition) is 4. The Morgan fingerprint density at radius 3 is 3.00 bits per heavy atom. The van der Waals surface area contributed by atoms with E-state index in [2.05, 4.69) is 10.3 Å². The summed E-state index contributed by atoms with van der Waals surface area (Å²) in [6.07, 6.45) is 3.96. The van der Waals surface area contributed by atoms with Crippen LogP contribution >= 0.6 is 0 Å². The van der Waals surface area contributed by atoms with Crippen LogP contribution in [0.5, 0.6) is 5.75 Å². The molecule has 0 radical (unpaired) electrons. The summed E-state index contributed by atoms with van der Waals surface area (Å²) in [4.78, 5) is 18.8. The molecule has 2 atom stereocenters. The van der Waals surface area contributed by atoms with Gasteiger partial charge in [-0.1, -0.05) is 0 Å². The number of aromatic nitrogens is 1. The monoisotopic (exact) mass is 371 g/mol.